The van der Waals surface area contributed by atoms with Gasteiger partial charge in [-0.2, -0.15) is 0 Å². The molecule has 1 aliphatic rings. The minimum absolute atomic E-state index is 0.0275. The Bertz CT molecular complexity index is 684. The maximum atomic E-state index is 12.8. The number of carbonyl (C=O) groups excluding carboxylic acids is 1. The normalized spacial score (nSPS) is 13.0. The number of carbonyl (C=O) groups is 1. The fraction of sp³-hybridized carbons (Fsp3) is 0.368. The predicted molar refractivity (Wildman–Crippen MR) is 94.1 cm³/mol. The van der Waals surface area contributed by atoms with Crippen LogP contribution in [0.25, 0.3) is 0 Å². The minimum Gasteiger partial charge on any atom is -0.384 e. The molecule has 4 heteroatoms. The second kappa shape index (κ2) is 7.27. The van der Waals surface area contributed by atoms with Crippen molar-refractivity contribution in [2.45, 2.75) is 32.6 Å². The van der Waals surface area contributed by atoms with Crippen LogP contribution in [0.5, 0.6) is 0 Å². The van der Waals surface area contributed by atoms with E-state index in [1.165, 1.54) is 18.4 Å². The lowest BCUT2D eigenvalue weighted by molar-refractivity contribution is 0.0989. The van der Waals surface area contributed by atoms with Crippen molar-refractivity contribution in [3.05, 3.63) is 53.9 Å². The van der Waals surface area contributed by atoms with Crippen molar-refractivity contribution in [3.63, 3.8) is 0 Å². The molecular weight excluding hydrogens is 286 g/mol. The summed E-state index contributed by atoms with van der Waals surface area (Å²) in [7, 11) is 0. The van der Waals surface area contributed by atoms with E-state index < -0.39 is 0 Å². The van der Waals surface area contributed by atoms with Crippen LogP contribution in [0.15, 0.2) is 42.7 Å². The molecule has 2 heterocycles. The van der Waals surface area contributed by atoms with Crippen LogP contribution >= 0.6 is 0 Å². The van der Waals surface area contributed by atoms with Crippen molar-refractivity contribution >= 4 is 17.3 Å². The number of benzene rings is 1. The number of nitrogens with zero attached hydrogens (tertiary/aromatic N) is 2. The maximum absolute atomic E-state index is 12.8. The Morgan fingerprint density at radius 2 is 2.13 bits per heavy atom. The van der Waals surface area contributed by atoms with Gasteiger partial charge >= 0.3 is 0 Å². The average molecular weight is 309 g/mol. The summed E-state index contributed by atoms with van der Waals surface area (Å²) in [4.78, 5) is 18.9. The first kappa shape index (κ1) is 15.5. The molecule has 1 aromatic carbocycles. The molecule has 1 amide bonds. The van der Waals surface area contributed by atoms with Gasteiger partial charge in [-0.05, 0) is 30.5 Å². The Balaban J connectivity index is 1.71. The summed E-state index contributed by atoms with van der Waals surface area (Å²) < 4.78 is 0. The predicted octanol–water partition coefficient (Wildman–Crippen LogP) is 3.89. The molecule has 23 heavy (non-hydrogen) atoms. The largest absolute Gasteiger partial charge is 0.384 e. The van der Waals surface area contributed by atoms with Crippen molar-refractivity contribution in [2.75, 3.05) is 23.3 Å². The summed E-state index contributed by atoms with van der Waals surface area (Å²) in [5, 5.41) is 3.35. The van der Waals surface area contributed by atoms with Gasteiger partial charge in [-0.1, -0.05) is 38.0 Å². The minimum atomic E-state index is 0.0275. The van der Waals surface area contributed by atoms with Gasteiger partial charge in [-0.25, -0.2) is 0 Å². The summed E-state index contributed by atoms with van der Waals surface area (Å²) in [5.41, 5.74) is 3.82. The zero-order valence-corrected chi connectivity index (χ0v) is 13.6. The highest BCUT2D eigenvalue weighted by Gasteiger charge is 2.25. The highest BCUT2D eigenvalue weighted by Crippen LogP contribution is 2.29. The Morgan fingerprint density at radius 1 is 1.26 bits per heavy atom. The monoisotopic (exact) mass is 309 g/mol. The van der Waals surface area contributed by atoms with Gasteiger partial charge in [0, 0.05) is 31.2 Å². The van der Waals surface area contributed by atoms with E-state index in [1.54, 1.807) is 12.4 Å². The van der Waals surface area contributed by atoms with Crippen LogP contribution in [0, 0.1) is 0 Å². The van der Waals surface area contributed by atoms with Gasteiger partial charge in [0.15, 0.2) is 0 Å². The first-order valence-corrected chi connectivity index (χ1v) is 8.38. The van der Waals surface area contributed by atoms with Crippen LogP contribution in [0.3, 0.4) is 0 Å². The zero-order chi connectivity index (χ0) is 16.1. The van der Waals surface area contributed by atoms with E-state index in [0.717, 1.165) is 37.3 Å². The highest BCUT2D eigenvalue weighted by atomic mass is 16.2. The lowest BCUT2D eigenvalue weighted by Gasteiger charge is -2.17. The SMILES string of the molecule is CCCCCNc1cncc(C(=O)N2CCc3ccccc32)c1. The molecule has 1 aliphatic heterocycles. The molecule has 0 bridgehead atoms. The van der Waals surface area contributed by atoms with E-state index in [4.69, 9.17) is 0 Å². The van der Waals surface area contributed by atoms with E-state index in [2.05, 4.69) is 23.3 Å². The molecule has 1 N–H and O–H groups in total. The smallest absolute Gasteiger partial charge is 0.259 e. The molecule has 0 radical (unpaired) electrons. The third kappa shape index (κ3) is 3.52. The van der Waals surface area contributed by atoms with Gasteiger partial charge in [0.1, 0.15) is 0 Å². The lowest BCUT2D eigenvalue weighted by Crippen LogP contribution is -2.29. The van der Waals surface area contributed by atoms with Gasteiger partial charge in [0.05, 0.1) is 11.3 Å². The van der Waals surface area contributed by atoms with Crippen molar-refractivity contribution in [3.8, 4) is 0 Å². The maximum Gasteiger partial charge on any atom is 0.259 e. The quantitative estimate of drug-likeness (QED) is 0.823. The summed E-state index contributed by atoms with van der Waals surface area (Å²) in [6, 6.07) is 10.0. The number of nitrogens with one attached hydrogen (secondary N) is 1. The number of unbranched alkanes of at least 4 members (excludes halogenated alkanes) is 2. The van der Waals surface area contributed by atoms with Gasteiger partial charge < -0.3 is 10.2 Å². The van der Waals surface area contributed by atoms with Gasteiger partial charge in [-0.3, -0.25) is 9.78 Å². The van der Waals surface area contributed by atoms with Crippen LogP contribution < -0.4 is 10.2 Å². The average Bonchev–Trinajstić information content (AvgIpc) is 3.02. The second-order valence-electron chi connectivity index (χ2n) is 5.93. The molecule has 0 saturated carbocycles. The molecule has 3 rings (SSSR count). The van der Waals surface area contributed by atoms with E-state index in [-0.39, 0.29) is 5.91 Å². The van der Waals surface area contributed by atoms with E-state index in [0.29, 0.717) is 5.56 Å². The fourth-order valence-electron chi connectivity index (χ4n) is 2.97. The van der Waals surface area contributed by atoms with Gasteiger partial charge in [0.25, 0.3) is 5.91 Å². The van der Waals surface area contributed by atoms with Crippen molar-refractivity contribution in [1.82, 2.24) is 4.98 Å². The van der Waals surface area contributed by atoms with Gasteiger partial charge in [-0.15, -0.1) is 0 Å². The molecule has 4 nitrogen and oxygen atoms in total. The molecule has 0 spiro atoms. The van der Waals surface area contributed by atoms with Crippen LogP contribution in [-0.2, 0) is 6.42 Å². The van der Waals surface area contributed by atoms with E-state index >= 15 is 0 Å². The number of aromatic nitrogens is 1. The van der Waals surface area contributed by atoms with Crippen molar-refractivity contribution < 1.29 is 4.79 Å². The van der Waals surface area contributed by atoms with Crippen molar-refractivity contribution in [2.24, 2.45) is 0 Å². The molecule has 120 valence electrons. The van der Waals surface area contributed by atoms with Crippen LogP contribution in [0.4, 0.5) is 11.4 Å². The number of hydrogen-bond acceptors (Lipinski definition) is 3. The highest BCUT2D eigenvalue weighted by molar-refractivity contribution is 6.07. The van der Waals surface area contributed by atoms with Crippen LogP contribution in [0.2, 0.25) is 0 Å². The molecule has 0 atom stereocenters. The first-order valence-electron chi connectivity index (χ1n) is 8.38. The number of hydrogen-bond donors (Lipinski definition) is 1. The topological polar surface area (TPSA) is 45.2 Å². The molecule has 1 aromatic heterocycles. The molecule has 0 saturated heterocycles. The number of pyridine rings is 1. The molecule has 2 aromatic rings. The number of para-hydroxylation sites is 1. The standard InChI is InChI=1S/C19H23N3O/c1-2-3-6-10-21-17-12-16(13-20-14-17)19(23)22-11-9-15-7-4-5-8-18(15)22/h4-5,7-8,12-14,21H,2-3,6,9-11H2,1H3. The summed E-state index contributed by atoms with van der Waals surface area (Å²) in [6.45, 7) is 3.85. The van der Waals surface area contributed by atoms with E-state index in [1.807, 2.05) is 29.2 Å². The number of amides is 1. The third-order valence-electron chi connectivity index (χ3n) is 4.23. The molecule has 0 unspecified atom stereocenters. The van der Waals surface area contributed by atoms with E-state index in [9.17, 15) is 4.79 Å². The summed E-state index contributed by atoms with van der Waals surface area (Å²) in [5.74, 6) is 0.0275. The zero-order valence-electron chi connectivity index (χ0n) is 13.6. The van der Waals surface area contributed by atoms with Crippen molar-refractivity contribution in [1.29, 1.82) is 0 Å². The molecule has 0 fully saturated rings. The third-order valence-corrected chi connectivity index (χ3v) is 4.23. The Kier molecular flexibility index (Phi) is 4.91. The fourth-order valence-corrected chi connectivity index (χ4v) is 2.97. The Morgan fingerprint density at radius 3 is 3.00 bits per heavy atom. The Labute approximate surface area is 137 Å². The molecular formula is C19H23N3O. The first-order chi connectivity index (χ1) is 11.3. The van der Waals surface area contributed by atoms with Gasteiger partial charge in [0.2, 0.25) is 0 Å². The van der Waals surface area contributed by atoms with Crippen LogP contribution in [-0.4, -0.2) is 24.0 Å². The number of fused-ring (bicyclic) bond motifs is 1. The summed E-state index contributed by atoms with van der Waals surface area (Å²) >= 11 is 0. The second-order valence-corrected chi connectivity index (χ2v) is 5.93. The molecule has 0 aliphatic carbocycles. The number of rotatable bonds is 6. The van der Waals surface area contributed by atoms with Crippen LogP contribution in [0.1, 0.15) is 42.1 Å². The summed E-state index contributed by atoms with van der Waals surface area (Å²) in [6.07, 6.45) is 7.90. The lowest BCUT2D eigenvalue weighted by atomic mass is 10.2. The number of anilines is 2. The Hall–Kier alpha value is -2.36.